The number of anilines is 1. The normalized spacial score (nSPS) is 11.0. The Morgan fingerprint density at radius 2 is 1.79 bits per heavy atom. The number of thioether (sulfide) groups is 1. The highest BCUT2D eigenvalue weighted by molar-refractivity contribution is 8.00. The number of benzene rings is 2. The zero-order chi connectivity index (χ0) is 20.6. The lowest BCUT2D eigenvalue weighted by molar-refractivity contribution is -0.384. The van der Waals surface area contributed by atoms with Crippen molar-refractivity contribution in [1.29, 1.82) is 0 Å². The fourth-order valence-corrected chi connectivity index (χ4v) is 3.95. The Balaban J connectivity index is 1.85. The Morgan fingerprint density at radius 1 is 1.14 bits per heavy atom. The molecule has 2 rings (SSSR count). The Kier molecular flexibility index (Phi) is 7.73. The molecular weight excluding hydrogens is 402 g/mol. The van der Waals surface area contributed by atoms with E-state index in [0.717, 1.165) is 4.90 Å². The smallest absolute Gasteiger partial charge is 0.269 e. The second-order valence-corrected chi connectivity index (χ2v) is 8.54. The van der Waals surface area contributed by atoms with Gasteiger partial charge in [0.1, 0.15) is 0 Å². The number of nitrogens with zero attached hydrogens (tertiary/aromatic N) is 1. The van der Waals surface area contributed by atoms with E-state index >= 15 is 0 Å². The number of non-ortho nitro benzene ring substituents is 1. The van der Waals surface area contributed by atoms with Gasteiger partial charge in [-0.1, -0.05) is 18.2 Å². The first-order valence-corrected chi connectivity index (χ1v) is 10.8. The highest BCUT2D eigenvalue weighted by atomic mass is 32.2. The van der Waals surface area contributed by atoms with Gasteiger partial charge in [-0.15, -0.1) is 18.3 Å². The molecule has 2 aromatic carbocycles. The first-order valence-electron chi connectivity index (χ1n) is 8.13. The van der Waals surface area contributed by atoms with Crippen molar-refractivity contribution in [2.45, 2.75) is 10.6 Å². The standard InChI is InChI=1S/C18H19N3O5S2/c1-2-11-19-28(25,26)13-14-3-5-15(6-4-14)20-18(22)12-27-17-9-7-16(8-10-17)21(23)24/h2-10,19H,1,11-13H2,(H,20,22). The largest absolute Gasteiger partial charge is 0.325 e. The van der Waals surface area contributed by atoms with Gasteiger partial charge in [-0.25, -0.2) is 13.1 Å². The Bertz CT molecular complexity index is 942. The third kappa shape index (κ3) is 7.14. The Hall–Kier alpha value is -2.69. The van der Waals surface area contributed by atoms with Crippen LogP contribution in [0.2, 0.25) is 0 Å². The summed E-state index contributed by atoms with van der Waals surface area (Å²) in [4.78, 5) is 22.9. The molecule has 8 nitrogen and oxygen atoms in total. The molecule has 0 heterocycles. The number of nitrogens with one attached hydrogen (secondary N) is 2. The van der Waals surface area contributed by atoms with Crippen LogP contribution < -0.4 is 10.0 Å². The highest BCUT2D eigenvalue weighted by Crippen LogP contribution is 2.21. The molecule has 0 radical (unpaired) electrons. The van der Waals surface area contributed by atoms with Gasteiger partial charge in [0.15, 0.2) is 0 Å². The van der Waals surface area contributed by atoms with Crippen molar-refractivity contribution >= 4 is 39.1 Å². The summed E-state index contributed by atoms with van der Waals surface area (Å²) in [6, 6.07) is 12.5. The van der Waals surface area contributed by atoms with Crippen molar-refractivity contribution < 1.29 is 18.1 Å². The van der Waals surface area contributed by atoms with Gasteiger partial charge >= 0.3 is 0 Å². The molecule has 0 spiro atoms. The number of carbonyl (C=O) groups excluding carboxylic acids is 1. The molecule has 148 valence electrons. The summed E-state index contributed by atoms with van der Waals surface area (Å²) in [5.74, 6) is -0.263. The van der Waals surface area contributed by atoms with E-state index in [1.54, 1.807) is 36.4 Å². The quantitative estimate of drug-likeness (QED) is 0.264. The molecule has 28 heavy (non-hydrogen) atoms. The SMILES string of the molecule is C=CCNS(=O)(=O)Cc1ccc(NC(=O)CSc2ccc([N+](=O)[O-])cc2)cc1. The lowest BCUT2D eigenvalue weighted by Gasteiger charge is -2.08. The van der Waals surface area contributed by atoms with Crippen LogP contribution in [-0.2, 0) is 20.6 Å². The van der Waals surface area contributed by atoms with Crippen LogP contribution in [0, 0.1) is 10.1 Å². The van der Waals surface area contributed by atoms with E-state index in [0.29, 0.717) is 11.3 Å². The second-order valence-electron chi connectivity index (χ2n) is 5.68. The summed E-state index contributed by atoms with van der Waals surface area (Å²) in [5.41, 5.74) is 1.14. The van der Waals surface area contributed by atoms with Crippen LogP contribution >= 0.6 is 11.8 Å². The molecule has 10 heteroatoms. The van der Waals surface area contributed by atoms with E-state index in [4.69, 9.17) is 0 Å². The number of hydrogen-bond donors (Lipinski definition) is 2. The molecule has 0 aliphatic carbocycles. The van der Waals surface area contributed by atoms with Gasteiger partial charge in [0.05, 0.1) is 16.4 Å². The minimum atomic E-state index is -3.43. The highest BCUT2D eigenvalue weighted by Gasteiger charge is 2.11. The van der Waals surface area contributed by atoms with Crippen LogP contribution in [0.3, 0.4) is 0 Å². The lowest BCUT2D eigenvalue weighted by Crippen LogP contribution is -2.25. The van der Waals surface area contributed by atoms with E-state index < -0.39 is 14.9 Å². The molecule has 0 aliphatic heterocycles. The minimum absolute atomic E-state index is 0.00408. The summed E-state index contributed by atoms with van der Waals surface area (Å²) in [6.07, 6.45) is 1.46. The maximum atomic E-state index is 12.0. The van der Waals surface area contributed by atoms with Crippen molar-refractivity contribution in [1.82, 2.24) is 4.72 Å². The number of rotatable bonds is 10. The van der Waals surface area contributed by atoms with Gasteiger partial charge in [0, 0.05) is 29.3 Å². The van der Waals surface area contributed by atoms with E-state index in [2.05, 4.69) is 16.6 Å². The summed E-state index contributed by atoms with van der Waals surface area (Å²) in [7, 11) is -3.43. The molecule has 0 fully saturated rings. The van der Waals surface area contributed by atoms with E-state index in [9.17, 15) is 23.3 Å². The monoisotopic (exact) mass is 421 g/mol. The molecular formula is C18H19N3O5S2. The van der Waals surface area contributed by atoms with Crippen LogP contribution in [-0.4, -0.2) is 31.5 Å². The zero-order valence-electron chi connectivity index (χ0n) is 14.8. The van der Waals surface area contributed by atoms with Crippen molar-refractivity contribution in [2.75, 3.05) is 17.6 Å². The van der Waals surface area contributed by atoms with E-state index in [-0.39, 0.29) is 29.6 Å². The van der Waals surface area contributed by atoms with Gasteiger partial charge in [-0.2, -0.15) is 0 Å². The average molecular weight is 422 g/mol. The average Bonchev–Trinajstić information content (AvgIpc) is 2.66. The molecule has 2 N–H and O–H groups in total. The molecule has 0 aromatic heterocycles. The number of nitro groups is 1. The third-order valence-electron chi connectivity index (χ3n) is 3.46. The number of sulfonamides is 1. The fourth-order valence-electron chi connectivity index (χ4n) is 2.15. The van der Waals surface area contributed by atoms with E-state index in [1.165, 1.54) is 30.0 Å². The van der Waals surface area contributed by atoms with Gasteiger partial charge < -0.3 is 5.32 Å². The van der Waals surface area contributed by atoms with Crippen LogP contribution in [0.15, 0.2) is 66.1 Å². The Morgan fingerprint density at radius 3 is 2.36 bits per heavy atom. The van der Waals surface area contributed by atoms with Crippen LogP contribution in [0.25, 0.3) is 0 Å². The van der Waals surface area contributed by atoms with Gasteiger partial charge in [-0.05, 0) is 29.8 Å². The number of nitro benzene ring substituents is 1. The lowest BCUT2D eigenvalue weighted by atomic mass is 10.2. The first-order chi connectivity index (χ1) is 13.3. The molecule has 0 aliphatic rings. The van der Waals surface area contributed by atoms with Crippen LogP contribution in [0.4, 0.5) is 11.4 Å². The van der Waals surface area contributed by atoms with Gasteiger partial charge in [-0.3, -0.25) is 14.9 Å². The molecule has 1 amide bonds. The molecule has 0 bridgehead atoms. The van der Waals surface area contributed by atoms with Gasteiger partial charge in [0.25, 0.3) is 5.69 Å². The maximum Gasteiger partial charge on any atom is 0.269 e. The van der Waals surface area contributed by atoms with Gasteiger partial charge in [0.2, 0.25) is 15.9 Å². The number of amides is 1. The molecule has 0 saturated heterocycles. The van der Waals surface area contributed by atoms with Crippen molar-refractivity contribution in [2.24, 2.45) is 0 Å². The summed E-state index contributed by atoms with van der Waals surface area (Å²) in [5, 5.41) is 13.3. The van der Waals surface area contributed by atoms with Crippen molar-refractivity contribution in [3.05, 3.63) is 76.9 Å². The first kappa shape index (κ1) is 21.6. The Labute approximate surface area is 167 Å². The van der Waals surface area contributed by atoms with E-state index in [1.807, 2.05) is 0 Å². The number of hydrogen-bond acceptors (Lipinski definition) is 6. The van der Waals surface area contributed by atoms with Crippen LogP contribution in [0.1, 0.15) is 5.56 Å². The maximum absolute atomic E-state index is 12.0. The minimum Gasteiger partial charge on any atom is -0.325 e. The molecule has 0 unspecified atom stereocenters. The molecule has 2 aromatic rings. The summed E-state index contributed by atoms with van der Waals surface area (Å²) >= 11 is 1.26. The summed E-state index contributed by atoms with van der Waals surface area (Å²) < 4.78 is 26.1. The summed E-state index contributed by atoms with van der Waals surface area (Å²) in [6.45, 7) is 3.63. The predicted molar refractivity (Wildman–Crippen MR) is 110 cm³/mol. The molecule has 0 atom stereocenters. The van der Waals surface area contributed by atoms with Crippen molar-refractivity contribution in [3.8, 4) is 0 Å². The topological polar surface area (TPSA) is 118 Å². The fraction of sp³-hybridized carbons (Fsp3) is 0.167. The molecule has 0 saturated carbocycles. The third-order valence-corrected chi connectivity index (χ3v) is 5.79. The zero-order valence-corrected chi connectivity index (χ0v) is 16.5. The number of carbonyl (C=O) groups is 1. The second kappa shape index (κ2) is 10.0. The predicted octanol–water partition coefficient (Wildman–Crippen LogP) is 2.93. The van der Waals surface area contributed by atoms with Crippen LogP contribution in [0.5, 0.6) is 0 Å². The van der Waals surface area contributed by atoms with Crippen molar-refractivity contribution in [3.63, 3.8) is 0 Å².